The summed E-state index contributed by atoms with van der Waals surface area (Å²) in [7, 11) is 0. The predicted molar refractivity (Wildman–Crippen MR) is 56.8 cm³/mol. The van der Waals surface area contributed by atoms with Crippen molar-refractivity contribution in [3.63, 3.8) is 0 Å². The summed E-state index contributed by atoms with van der Waals surface area (Å²) in [5.41, 5.74) is 1.19. The van der Waals surface area contributed by atoms with Gasteiger partial charge in [0.25, 0.3) is 0 Å². The second-order valence-electron chi connectivity index (χ2n) is 3.77. The maximum absolute atomic E-state index is 9.10. The number of hydrogen-bond donors (Lipinski definition) is 2. The van der Waals surface area contributed by atoms with Gasteiger partial charge >= 0.3 is 0 Å². The van der Waals surface area contributed by atoms with Gasteiger partial charge in [0.2, 0.25) is 0 Å². The Kier molecular flexibility index (Phi) is 4.56. The van der Waals surface area contributed by atoms with E-state index in [1.54, 1.807) is 12.4 Å². The van der Waals surface area contributed by atoms with Crippen LogP contribution in [0.2, 0.25) is 0 Å². The number of pyridine rings is 1. The molecule has 1 atom stereocenters. The first kappa shape index (κ1) is 11.1. The van der Waals surface area contributed by atoms with Crippen LogP contribution < -0.4 is 5.32 Å². The van der Waals surface area contributed by atoms with Crippen LogP contribution >= 0.6 is 0 Å². The number of hydrogen-bond acceptors (Lipinski definition) is 3. The Bertz CT molecular complexity index is 249. The number of aliphatic hydroxyl groups excluding tert-OH is 1. The van der Waals surface area contributed by atoms with Gasteiger partial charge < -0.3 is 10.4 Å². The van der Waals surface area contributed by atoms with Gasteiger partial charge in [0.05, 0.1) is 6.61 Å². The van der Waals surface area contributed by atoms with Crippen molar-refractivity contribution >= 4 is 0 Å². The summed E-state index contributed by atoms with van der Waals surface area (Å²) in [5.74, 6) is 0.446. The third kappa shape index (κ3) is 3.44. The van der Waals surface area contributed by atoms with Gasteiger partial charge in [-0.25, -0.2) is 0 Å². The molecule has 3 heteroatoms. The summed E-state index contributed by atoms with van der Waals surface area (Å²) >= 11 is 0. The Balaban J connectivity index is 2.40. The molecule has 1 heterocycles. The minimum absolute atomic E-state index is 0.170. The van der Waals surface area contributed by atoms with Crippen molar-refractivity contribution in [3.8, 4) is 0 Å². The lowest BCUT2D eigenvalue weighted by molar-refractivity contribution is 0.210. The first-order valence-electron chi connectivity index (χ1n) is 4.97. The second-order valence-corrected chi connectivity index (χ2v) is 3.77. The number of nitrogens with zero attached hydrogens (tertiary/aromatic N) is 1. The zero-order chi connectivity index (χ0) is 10.4. The van der Waals surface area contributed by atoms with E-state index >= 15 is 0 Å². The van der Waals surface area contributed by atoms with Gasteiger partial charge in [0.15, 0.2) is 0 Å². The third-order valence-electron chi connectivity index (χ3n) is 2.32. The number of aliphatic hydroxyl groups is 1. The molecule has 0 saturated heterocycles. The highest BCUT2D eigenvalue weighted by molar-refractivity contribution is 5.09. The molecule has 0 fully saturated rings. The molecule has 14 heavy (non-hydrogen) atoms. The monoisotopic (exact) mass is 194 g/mol. The summed E-state index contributed by atoms with van der Waals surface area (Å²) in [5, 5.41) is 12.4. The van der Waals surface area contributed by atoms with E-state index in [9.17, 15) is 0 Å². The molecule has 0 radical (unpaired) electrons. The van der Waals surface area contributed by atoms with Crippen LogP contribution in [0, 0.1) is 5.92 Å². The molecule has 0 aliphatic rings. The van der Waals surface area contributed by atoms with Crippen LogP contribution in [0.5, 0.6) is 0 Å². The van der Waals surface area contributed by atoms with E-state index in [-0.39, 0.29) is 12.6 Å². The molecule has 2 N–H and O–H groups in total. The highest BCUT2D eigenvalue weighted by atomic mass is 16.3. The van der Waals surface area contributed by atoms with Gasteiger partial charge in [-0.3, -0.25) is 4.98 Å². The SMILES string of the molecule is CC(C)[C@@H](CO)NCc1ccncc1. The lowest BCUT2D eigenvalue weighted by atomic mass is 10.1. The standard InChI is InChI=1S/C11H18N2O/c1-9(2)11(8-14)13-7-10-3-5-12-6-4-10/h3-6,9,11,13-14H,7-8H2,1-2H3/t11-/m1/s1. The van der Waals surface area contributed by atoms with Crippen molar-refractivity contribution in [1.82, 2.24) is 10.3 Å². The molecule has 1 rings (SSSR count). The van der Waals surface area contributed by atoms with Gasteiger partial charge in [-0.1, -0.05) is 13.8 Å². The zero-order valence-electron chi connectivity index (χ0n) is 8.77. The van der Waals surface area contributed by atoms with Crippen LogP contribution in [-0.4, -0.2) is 22.7 Å². The molecule has 1 aromatic heterocycles. The average molecular weight is 194 g/mol. The lowest BCUT2D eigenvalue weighted by Crippen LogP contribution is -2.36. The van der Waals surface area contributed by atoms with Crippen LogP contribution in [0.25, 0.3) is 0 Å². The largest absolute Gasteiger partial charge is 0.395 e. The van der Waals surface area contributed by atoms with Crippen molar-refractivity contribution in [2.24, 2.45) is 5.92 Å². The predicted octanol–water partition coefficient (Wildman–Crippen LogP) is 1.19. The van der Waals surface area contributed by atoms with Gasteiger partial charge in [0, 0.05) is 25.0 Å². The lowest BCUT2D eigenvalue weighted by Gasteiger charge is -2.19. The Hall–Kier alpha value is -0.930. The highest BCUT2D eigenvalue weighted by Gasteiger charge is 2.10. The molecule has 78 valence electrons. The summed E-state index contributed by atoms with van der Waals surface area (Å²) in [6, 6.07) is 4.12. The van der Waals surface area contributed by atoms with E-state index in [1.807, 2.05) is 12.1 Å². The van der Waals surface area contributed by atoms with Crippen molar-refractivity contribution in [3.05, 3.63) is 30.1 Å². The molecule has 1 aromatic rings. The minimum Gasteiger partial charge on any atom is -0.395 e. The Morgan fingerprint density at radius 1 is 1.36 bits per heavy atom. The number of nitrogens with one attached hydrogen (secondary N) is 1. The third-order valence-corrected chi connectivity index (χ3v) is 2.32. The summed E-state index contributed by atoms with van der Waals surface area (Å²) in [6.07, 6.45) is 3.56. The fourth-order valence-electron chi connectivity index (χ4n) is 1.26. The smallest absolute Gasteiger partial charge is 0.0587 e. The van der Waals surface area contributed by atoms with E-state index in [2.05, 4.69) is 24.1 Å². The first-order chi connectivity index (χ1) is 6.74. The van der Waals surface area contributed by atoms with Crippen LogP contribution in [0.1, 0.15) is 19.4 Å². The molecule has 0 saturated carbocycles. The van der Waals surface area contributed by atoms with Crippen molar-refractivity contribution in [2.75, 3.05) is 6.61 Å². The van der Waals surface area contributed by atoms with Gasteiger partial charge in [0.1, 0.15) is 0 Å². The molecule has 0 aliphatic carbocycles. The van der Waals surface area contributed by atoms with Gasteiger partial charge in [-0.05, 0) is 23.6 Å². The average Bonchev–Trinajstić information content (AvgIpc) is 2.20. The van der Waals surface area contributed by atoms with Gasteiger partial charge in [-0.15, -0.1) is 0 Å². The maximum Gasteiger partial charge on any atom is 0.0587 e. The van der Waals surface area contributed by atoms with E-state index < -0.39 is 0 Å². The number of aromatic nitrogens is 1. The van der Waals surface area contributed by atoms with E-state index in [0.717, 1.165) is 6.54 Å². The summed E-state index contributed by atoms with van der Waals surface area (Å²) in [4.78, 5) is 3.95. The van der Waals surface area contributed by atoms with E-state index in [0.29, 0.717) is 5.92 Å². The fourth-order valence-corrected chi connectivity index (χ4v) is 1.26. The molecule has 0 unspecified atom stereocenters. The number of rotatable bonds is 5. The van der Waals surface area contributed by atoms with Gasteiger partial charge in [-0.2, -0.15) is 0 Å². The minimum atomic E-state index is 0.170. The Morgan fingerprint density at radius 3 is 2.50 bits per heavy atom. The Morgan fingerprint density at radius 2 is 2.00 bits per heavy atom. The first-order valence-corrected chi connectivity index (χ1v) is 4.97. The molecule has 3 nitrogen and oxygen atoms in total. The van der Waals surface area contributed by atoms with E-state index in [1.165, 1.54) is 5.56 Å². The zero-order valence-corrected chi connectivity index (χ0v) is 8.77. The molecular formula is C11H18N2O. The van der Waals surface area contributed by atoms with Crippen LogP contribution in [0.15, 0.2) is 24.5 Å². The molecule has 0 bridgehead atoms. The maximum atomic E-state index is 9.10. The molecule has 0 aliphatic heterocycles. The molecule has 0 spiro atoms. The molecule has 0 amide bonds. The van der Waals surface area contributed by atoms with Crippen LogP contribution in [-0.2, 0) is 6.54 Å². The fraction of sp³-hybridized carbons (Fsp3) is 0.545. The summed E-state index contributed by atoms with van der Waals surface area (Å²) < 4.78 is 0. The van der Waals surface area contributed by atoms with Crippen molar-refractivity contribution < 1.29 is 5.11 Å². The normalized spacial score (nSPS) is 13.1. The molecular weight excluding hydrogens is 176 g/mol. The Labute approximate surface area is 85.2 Å². The van der Waals surface area contributed by atoms with Crippen molar-refractivity contribution in [2.45, 2.75) is 26.4 Å². The topological polar surface area (TPSA) is 45.1 Å². The quantitative estimate of drug-likeness (QED) is 0.740. The summed E-state index contributed by atoms with van der Waals surface area (Å²) in [6.45, 7) is 5.16. The second kappa shape index (κ2) is 5.73. The highest BCUT2D eigenvalue weighted by Crippen LogP contribution is 2.02. The van der Waals surface area contributed by atoms with E-state index in [4.69, 9.17) is 5.11 Å². The molecule has 0 aromatic carbocycles. The van der Waals surface area contributed by atoms with Crippen LogP contribution in [0.3, 0.4) is 0 Å². The van der Waals surface area contributed by atoms with Crippen LogP contribution in [0.4, 0.5) is 0 Å². The van der Waals surface area contributed by atoms with Crippen molar-refractivity contribution in [1.29, 1.82) is 0 Å².